The minimum Gasteiger partial charge on any atom is -0.310 e. The maximum Gasteiger partial charge on any atom is 0.0714 e. The lowest BCUT2D eigenvalue weighted by Crippen LogP contribution is -2.28. The largest absolute Gasteiger partial charge is 0.310 e. The van der Waals surface area contributed by atoms with E-state index in [-0.39, 0.29) is 5.41 Å². The van der Waals surface area contributed by atoms with E-state index >= 15 is 0 Å². The van der Waals surface area contributed by atoms with Crippen molar-refractivity contribution in [2.75, 3.05) is 9.80 Å². The highest BCUT2D eigenvalue weighted by molar-refractivity contribution is 6.12. The summed E-state index contributed by atoms with van der Waals surface area (Å²) in [5.41, 5.74) is 40.4. The van der Waals surface area contributed by atoms with Crippen LogP contribution in [0, 0.1) is 0 Å². The van der Waals surface area contributed by atoms with Gasteiger partial charge in [0.05, 0.1) is 27.5 Å². The predicted octanol–water partition coefficient (Wildman–Crippen LogP) is 33.2. The van der Waals surface area contributed by atoms with Crippen LogP contribution in [-0.4, -0.2) is 9.13 Å². The summed E-state index contributed by atoms with van der Waals surface area (Å²) in [5.74, 6) is 0. The Morgan fingerprint density at radius 1 is 0.172 bits per heavy atom. The Morgan fingerprint density at radius 2 is 0.430 bits per heavy atom. The molecule has 128 heavy (non-hydrogen) atoms. The maximum atomic E-state index is 2.47. The molecule has 0 N–H and O–H groups in total. The van der Waals surface area contributed by atoms with Crippen molar-refractivity contribution >= 4 is 77.7 Å². The first-order chi connectivity index (χ1) is 63.2. The van der Waals surface area contributed by atoms with E-state index in [0.29, 0.717) is 0 Å². The van der Waals surface area contributed by atoms with Gasteiger partial charge in [0.2, 0.25) is 0 Å². The third-order valence-electron chi connectivity index (χ3n) is 26.6. The normalized spacial score (nSPS) is 12.6. The molecule has 0 saturated carbocycles. The van der Waals surface area contributed by atoms with Gasteiger partial charge in [-0.15, -0.1) is 0 Å². The van der Waals surface area contributed by atoms with Crippen LogP contribution < -0.4 is 9.80 Å². The summed E-state index contributed by atoms with van der Waals surface area (Å²) in [5, 5.41) is 5.04. The molecule has 20 aromatic carbocycles. The van der Waals surface area contributed by atoms with Gasteiger partial charge in [0, 0.05) is 72.5 Å². The molecule has 2 heterocycles. The van der Waals surface area contributed by atoms with E-state index in [1.54, 1.807) is 0 Å². The highest BCUT2D eigenvalue weighted by Gasteiger charge is 2.47. The van der Waals surface area contributed by atoms with Crippen LogP contribution in [0.2, 0.25) is 0 Å². The summed E-state index contributed by atoms with van der Waals surface area (Å²) in [6, 6.07) is 182. The summed E-state index contributed by atoms with van der Waals surface area (Å²) in [6.07, 6.45) is 0. The number of para-hydroxylation sites is 6. The van der Waals surface area contributed by atoms with Crippen molar-refractivity contribution < 1.29 is 0 Å². The van der Waals surface area contributed by atoms with Crippen molar-refractivity contribution in [2.45, 2.75) is 24.7 Å². The van der Waals surface area contributed by atoms with Crippen LogP contribution >= 0.6 is 0 Å². The van der Waals surface area contributed by atoms with E-state index < -0.39 is 5.41 Å². The van der Waals surface area contributed by atoms with Crippen molar-refractivity contribution in [1.82, 2.24) is 9.13 Å². The van der Waals surface area contributed by atoms with Crippen molar-refractivity contribution in [3.8, 4) is 100 Å². The topological polar surface area (TPSA) is 16.3 Å². The molecule has 2 aliphatic carbocycles. The number of nitrogens with zero attached hydrogens (tertiary/aromatic N) is 4. The number of aromatic nitrogens is 2. The molecule has 0 fully saturated rings. The average molecular weight is 1630 g/mol. The first-order valence-corrected chi connectivity index (χ1v) is 44.3. The standard InChI is InChI=1S/C63H46N2.C61H42N2/c1-63(2)59-40-49(47-19-14-20-48(39-47)50-30-37-58-57-23-12-13-24-61(57)65(62(58)41-50)51-21-10-5-11-22-51)29-36-55(59)56-38-35-54(42-60(56)63)64(52-31-25-45(26-32-52)43-15-6-3-7-16-43)53-33-27-46(28-34-53)44-17-8-4-9-18-44;1-6-21-47(22-7-1)61(48-23-8-2-9-24-48)57-40-45(33-36-53(57)54-38-35-52(42-58(54)61)62(49-25-10-3-11-26-49)50-27-12-4-13-28-50)43-19-18-20-44(39-43)46-34-37-56-55-31-16-17-32-59(55)63(60(56)41-46)51-29-14-5-15-30-51/h3-42H,1-2H3;1-42H. The number of hydrogen-bond donors (Lipinski definition) is 0. The minimum atomic E-state index is -0.578. The van der Waals surface area contributed by atoms with Crippen LogP contribution in [0.1, 0.15) is 47.2 Å². The van der Waals surface area contributed by atoms with Crippen molar-refractivity contribution in [3.05, 3.63) is 531 Å². The van der Waals surface area contributed by atoms with Gasteiger partial charge in [-0.1, -0.05) is 366 Å². The fourth-order valence-electron chi connectivity index (χ4n) is 20.5. The molecule has 22 aromatic rings. The zero-order valence-corrected chi connectivity index (χ0v) is 71.1. The number of rotatable bonds is 16. The molecular weight excluding hydrogens is 1550 g/mol. The zero-order valence-electron chi connectivity index (χ0n) is 71.1. The predicted molar refractivity (Wildman–Crippen MR) is 538 cm³/mol. The molecule has 0 bridgehead atoms. The lowest BCUT2D eigenvalue weighted by atomic mass is 9.67. The number of benzene rings is 20. The quantitative estimate of drug-likeness (QED) is 0.0959. The molecule has 0 unspecified atom stereocenters. The molecule has 0 aliphatic heterocycles. The van der Waals surface area contributed by atoms with E-state index in [4.69, 9.17) is 0 Å². The summed E-state index contributed by atoms with van der Waals surface area (Å²) >= 11 is 0. The number of fused-ring (bicyclic) bond motifs is 12. The molecule has 0 radical (unpaired) electrons. The van der Waals surface area contributed by atoms with Gasteiger partial charge in [0.25, 0.3) is 0 Å². The van der Waals surface area contributed by atoms with Crippen LogP contribution in [-0.2, 0) is 10.8 Å². The fourth-order valence-corrected chi connectivity index (χ4v) is 20.5. The van der Waals surface area contributed by atoms with E-state index in [0.717, 1.165) is 39.8 Å². The Labute approximate surface area is 747 Å². The highest BCUT2D eigenvalue weighted by atomic mass is 15.1. The molecule has 4 nitrogen and oxygen atoms in total. The third-order valence-corrected chi connectivity index (χ3v) is 26.6. The highest BCUT2D eigenvalue weighted by Crippen LogP contribution is 2.59. The molecule has 24 rings (SSSR count). The zero-order chi connectivity index (χ0) is 85.2. The molecule has 604 valence electrons. The van der Waals surface area contributed by atoms with Gasteiger partial charge in [-0.05, 0) is 268 Å². The first kappa shape index (κ1) is 76.5. The Morgan fingerprint density at radius 3 is 0.844 bits per heavy atom. The lowest BCUT2D eigenvalue weighted by Gasteiger charge is -2.35. The SMILES string of the molecule is CC1(C)c2cc(-c3cccc(-c4ccc5c6ccccc6n(-c6ccccc6)c5c4)c3)ccc2-c2ccc(N(c3ccc(-c4ccccc4)cc3)c3ccc(-c4ccccc4)cc3)cc21.c1ccc(N(c2ccccc2)c2ccc3c(c2)C(c2ccccc2)(c2ccccc2)c2cc(-c4cccc(-c5ccc6c7ccccc7n(-c7ccccc7)c6c5)c4)ccc2-3)cc1. The van der Waals surface area contributed by atoms with E-state index in [1.165, 1.54) is 172 Å². The molecule has 2 aliphatic rings. The molecule has 0 spiro atoms. The summed E-state index contributed by atoms with van der Waals surface area (Å²) < 4.78 is 4.79. The molecule has 0 amide bonds. The number of anilines is 6. The second kappa shape index (κ2) is 32.0. The first-order valence-electron chi connectivity index (χ1n) is 44.3. The Bertz CT molecular complexity index is 7740. The molecular formula is C124H88N4. The second-order valence-corrected chi connectivity index (χ2v) is 34.3. The van der Waals surface area contributed by atoms with Gasteiger partial charge >= 0.3 is 0 Å². The maximum absolute atomic E-state index is 2.47. The summed E-state index contributed by atoms with van der Waals surface area (Å²) in [4.78, 5) is 4.77. The van der Waals surface area contributed by atoms with Crippen molar-refractivity contribution in [2.24, 2.45) is 0 Å². The summed E-state index contributed by atoms with van der Waals surface area (Å²) in [6.45, 7) is 4.77. The van der Waals surface area contributed by atoms with E-state index in [9.17, 15) is 0 Å². The van der Waals surface area contributed by atoms with Gasteiger partial charge < -0.3 is 18.9 Å². The van der Waals surface area contributed by atoms with Crippen LogP contribution in [0.25, 0.3) is 144 Å². The van der Waals surface area contributed by atoms with Gasteiger partial charge in [0.15, 0.2) is 0 Å². The van der Waals surface area contributed by atoms with Gasteiger partial charge in [-0.25, -0.2) is 0 Å². The average Bonchev–Trinajstić information content (AvgIpc) is 1.56. The lowest BCUT2D eigenvalue weighted by molar-refractivity contribution is 0.660. The Hall–Kier alpha value is -16.4. The van der Waals surface area contributed by atoms with E-state index in [2.05, 4.69) is 530 Å². The molecule has 2 aromatic heterocycles. The summed E-state index contributed by atoms with van der Waals surface area (Å²) in [7, 11) is 0. The van der Waals surface area contributed by atoms with Crippen LogP contribution in [0.3, 0.4) is 0 Å². The van der Waals surface area contributed by atoms with Crippen molar-refractivity contribution in [3.63, 3.8) is 0 Å². The Kier molecular flexibility index (Phi) is 19.2. The number of hydrogen-bond acceptors (Lipinski definition) is 2. The third kappa shape index (κ3) is 13.3. The van der Waals surface area contributed by atoms with Gasteiger partial charge in [-0.2, -0.15) is 0 Å². The monoisotopic (exact) mass is 1630 g/mol. The van der Waals surface area contributed by atoms with Crippen LogP contribution in [0.4, 0.5) is 34.1 Å². The van der Waals surface area contributed by atoms with Gasteiger partial charge in [-0.3, -0.25) is 0 Å². The van der Waals surface area contributed by atoms with Gasteiger partial charge in [0.1, 0.15) is 0 Å². The van der Waals surface area contributed by atoms with Crippen LogP contribution in [0.15, 0.2) is 497 Å². The Balaban J connectivity index is 0.000000147. The molecule has 4 heteroatoms. The molecule has 0 atom stereocenters. The molecule has 0 saturated heterocycles. The second-order valence-electron chi connectivity index (χ2n) is 34.3. The minimum absolute atomic E-state index is 0.218. The van der Waals surface area contributed by atoms with Crippen LogP contribution in [0.5, 0.6) is 0 Å². The smallest absolute Gasteiger partial charge is 0.0714 e. The van der Waals surface area contributed by atoms with E-state index in [1.807, 2.05) is 0 Å². The van der Waals surface area contributed by atoms with Crippen molar-refractivity contribution in [1.29, 1.82) is 0 Å². The fraction of sp³-hybridized carbons (Fsp3) is 0.0323.